The number of aliphatic imine (C=N–C) groups is 1. The first-order valence-corrected chi connectivity index (χ1v) is 9.18. The number of unbranched alkanes of at least 4 members (excludes halogenated alkanes) is 1. The molecule has 24 heavy (non-hydrogen) atoms. The van der Waals surface area contributed by atoms with E-state index in [1.165, 1.54) is 13.0 Å². The number of hydrogen-bond acceptors (Lipinski definition) is 4. The third kappa shape index (κ3) is 7.79. The Kier molecular flexibility index (Phi) is 9.26. The highest BCUT2D eigenvalue weighted by atomic mass is 16.5. The minimum atomic E-state index is 0.809. The zero-order valence-corrected chi connectivity index (χ0v) is 14.9. The summed E-state index contributed by atoms with van der Waals surface area (Å²) in [5.74, 6) is 0.921. The number of aryl methyl sites for hydroxylation is 1. The molecule has 0 saturated carbocycles. The van der Waals surface area contributed by atoms with E-state index in [9.17, 15) is 0 Å². The summed E-state index contributed by atoms with van der Waals surface area (Å²) in [5, 5.41) is 10.9. The predicted octanol–water partition coefficient (Wildman–Crippen LogP) is 0.941. The largest absolute Gasteiger partial charge is 0.379 e. The van der Waals surface area contributed by atoms with Crippen molar-refractivity contribution in [3.63, 3.8) is 0 Å². The molecule has 0 aromatic carbocycles. The lowest BCUT2D eigenvalue weighted by Crippen LogP contribution is -2.39. The molecule has 1 aromatic rings. The molecule has 0 aliphatic carbocycles. The number of morpholine rings is 1. The number of aromatic nitrogens is 2. The van der Waals surface area contributed by atoms with Gasteiger partial charge >= 0.3 is 0 Å². The van der Waals surface area contributed by atoms with Crippen molar-refractivity contribution in [2.24, 2.45) is 4.99 Å². The molecule has 1 aromatic heterocycles. The van der Waals surface area contributed by atoms with Gasteiger partial charge in [0.1, 0.15) is 0 Å². The third-order valence-corrected chi connectivity index (χ3v) is 4.02. The lowest BCUT2D eigenvalue weighted by molar-refractivity contribution is 0.0372. The van der Waals surface area contributed by atoms with Gasteiger partial charge in [0, 0.05) is 51.7 Å². The highest BCUT2D eigenvalue weighted by Gasteiger charge is 2.08. The van der Waals surface area contributed by atoms with Crippen molar-refractivity contribution in [2.75, 3.05) is 52.5 Å². The fourth-order valence-corrected chi connectivity index (χ4v) is 2.69. The lowest BCUT2D eigenvalue weighted by Gasteiger charge is -2.26. The van der Waals surface area contributed by atoms with E-state index in [-0.39, 0.29) is 0 Å². The Labute approximate surface area is 145 Å². The summed E-state index contributed by atoms with van der Waals surface area (Å²) < 4.78 is 7.32. The smallest absolute Gasteiger partial charge is 0.191 e. The molecule has 0 radical (unpaired) electrons. The van der Waals surface area contributed by atoms with Crippen molar-refractivity contribution in [1.29, 1.82) is 0 Å². The zero-order chi connectivity index (χ0) is 16.9. The van der Waals surface area contributed by atoms with Crippen LogP contribution in [0.15, 0.2) is 23.5 Å². The summed E-state index contributed by atoms with van der Waals surface area (Å²) in [4.78, 5) is 7.11. The van der Waals surface area contributed by atoms with Crippen LogP contribution in [-0.2, 0) is 11.3 Å². The van der Waals surface area contributed by atoms with Crippen molar-refractivity contribution < 1.29 is 4.74 Å². The highest BCUT2D eigenvalue weighted by molar-refractivity contribution is 5.79. The Hall–Kier alpha value is -1.60. The van der Waals surface area contributed by atoms with E-state index in [4.69, 9.17) is 4.74 Å². The Morgan fingerprint density at radius 1 is 1.17 bits per heavy atom. The summed E-state index contributed by atoms with van der Waals surface area (Å²) in [6.07, 6.45) is 7.17. The second kappa shape index (κ2) is 11.9. The summed E-state index contributed by atoms with van der Waals surface area (Å²) in [6, 6.07) is 1.95. The molecule has 0 spiro atoms. The van der Waals surface area contributed by atoms with Crippen molar-refractivity contribution in [3.8, 4) is 0 Å². The van der Waals surface area contributed by atoms with Crippen molar-refractivity contribution >= 4 is 5.96 Å². The topological polar surface area (TPSA) is 66.7 Å². The maximum absolute atomic E-state index is 5.37. The van der Waals surface area contributed by atoms with Gasteiger partial charge < -0.3 is 15.4 Å². The molecule has 1 saturated heterocycles. The fourth-order valence-electron chi connectivity index (χ4n) is 2.69. The van der Waals surface area contributed by atoms with Gasteiger partial charge in [0.05, 0.1) is 13.2 Å². The van der Waals surface area contributed by atoms with Crippen LogP contribution in [-0.4, -0.2) is 73.1 Å². The van der Waals surface area contributed by atoms with Crippen LogP contribution in [0.2, 0.25) is 0 Å². The summed E-state index contributed by atoms with van der Waals surface area (Å²) in [5.41, 5.74) is 0. The molecular weight excluding hydrogens is 304 g/mol. The highest BCUT2D eigenvalue weighted by Crippen LogP contribution is 1.99. The van der Waals surface area contributed by atoms with Crippen LogP contribution in [0.1, 0.15) is 26.2 Å². The van der Waals surface area contributed by atoms with Gasteiger partial charge in [-0.3, -0.25) is 14.6 Å². The minimum absolute atomic E-state index is 0.809. The number of ether oxygens (including phenoxy) is 1. The first kappa shape index (κ1) is 18.7. The fraction of sp³-hybridized carbons (Fsp3) is 0.765. The maximum Gasteiger partial charge on any atom is 0.191 e. The molecule has 1 aliphatic heterocycles. The molecule has 0 atom stereocenters. The van der Waals surface area contributed by atoms with Crippen LogP contribution < -0.4 is 10.6 Å². The quantitative estimate of drug-likeness (QED) is 0.378. The second-order valence-electron chi connectivity index (χ2n) is 5.97. The van der Waals surface area contributed by atoms with Crippen LogP contribution >= 0.6 is 0 Å². The van der Waals surface area contributed by atoms with Gasteiger partial charge in [-0.2, -0.15) is 5.10 Å². The van der Waals surface area contributed by atoms with Crippen molar-refractivity contribution in [1.82, 2.24) is 25.3 Å². The van der Waals surface area contributed by atoms with Crippen LogP contribution in [0, 0.1) is 0 Å². The molecule has 0 unspecified atom stereocenters. The average molecular weight is 336 g/mol. The van der Waals surface area contributed by atoms with E-state index in [1.807, 2.05) is 23.1 Å². The number of hydrogen-bond donors (Lipinski definition) is 2. The van der Waals surface area contributed by atoms with Crippen LogP contribution in [0.4, 0.5) is 0 Å². The van der Waals surface area contributed by atoms with E-state index in [0.29, 0.717) is 0 Å². The average Bonchev–Trinajstić information content (AvgIpc) is 3.12. The summed E-state index contributed by atoms with van der Waals surface area (Å²) >= 11 is 0. The lowest BCUT2D eigenvalue weighted by atomic mass is 10.3. The number of guanidine groups is 1. The summed E-state index contributed by atoms with van der Waals surface area (Å²) in [6.45, 7) is 10.8. The van der Waals surface area contributed by atoms with Gasteiger partial charge in [0.15, 0.2) is 5.96 Å². The zero-order valence-electron chi connectivity index (χ0n) is 14.9. The third-order valence-electron chi connectivity index (χ3n) is 4.02. The van der Waals surface area contributed by atoms with E-state index in [1.54, 1.807) is 0 Å². The van der Waals surface area contributed by atoms with Crippen LogP contribution in [0.25, 0.3) is 0 Å². The van der Waals surface area contributed by atoms with Gasteiger partial charge in [0.2, 0.25) is 0 Å². The molecule has 1 fully saturated rings. The molecule has 1 aliphatic rings. The van der Waals surface area contributed by atoms with Crippen molar-refractivity contribution in [3.05, 3.63) is 18.5 Å². The molecule has 2 N–H and O–H groups in total. The molecule has 7 heteroatoms. The second-order valence-corrected chi connectivity index (χ2v) is 5.97. The molecule has 2 heterocycles. The Morgan fingerprint density at radius 2 is 2.04 bits per heavy atom. The molecule has 2 rings (SSSR count). The van der Waals surface area contributed by atoms with Crippen LogP contribution in [0.5, 0.6) is 0 Å². The number of rotatable bonds is 10. The predicted molar refractivity (Wildman–Crippen MR) is 97.3 cm³/mol. The first-order chi connectivity index (χ1) is 11.9. The SMILES string of the molecule is CCNC(=NCCCn1cccn1)NCCCCN1CCOCC1. The van der Waals surface area contributed by atoms with Gasteiger partial charge in [-0.15, -0.1) is 0 Å². The normalized spacial score (nSPS) is 16.3. The molecule has 7 nitrogen and oxygen atoms in total. The first-order valence-electron chi connectivity index (χ1n) is 9.18. The Morgan fingerprint density at radius 3 is 2.79 bits per heavy atom. The van der Waals surface area contributed by atoms with Crippen molar-refractivity contribution in [2.45, 2.75) is 32.7 Å². The van der Waals surface area contributed by atoms with E-state index >= 15 is 0 Å². The molecule has 0 bridgehead atoms. The van der Waals surface area contributed by atoms with E-state index < -0.39 is 0 Å². The Bertz CT molecular complexity index is 442. The van der Waals surface area contributed by atoms with Gasteiger partial charge in [0.25, 0.3) is 0 Å². The van der Waals surface area contributed by atoms with Gasteiger partial charge in [-0.05, 0) is 38.8 Å². The van der Waals surface area contributed by atoms with E-state index in [2.05, 4.69) is 32.5 Å². The standard InChI is InChI=1S/C17H32N6O/c1-2-18-17(20-8-5-11-23-12-6-9-21-23)19-7-3-4-10-22-13-15-24-16-14-22/h6,9,12H,2-5,7-8,10-11,13-16H2,1H3,(H2,18,19,20). The van der Waals surface area contributed by atoms with E-state index in [0.717, 1.165) is 71.3 Å². The Balaban J connectivity index is 1.54. The number of nitrogens with one attached hydrogen (secondary N) is 2. The monoisotopic (exact) mass is 336 g/mol. The molecule has 0 amide bonds. The summed E-state index contributed by atoms with van der Waals surface area (Å²) in [7, 11) is 0. The van der Waals surface area contributed by atoms with Gasteiger partial charge in [-0.1, -0.05) is 0 Å². The molecular formula is C17H32N6O. The van der Waals surface area contributed by atoms with Gasteiger partial charge in [-0.25, -0.2) is 0 Å². The minimum Gasteiger partial charge on any atom is -0.379 e. The van der Waals surface area contributed by atoms with Crippen LogP contribution in [0.3, 0.4) is 0 Å². The molecule has 136 valence electrons. The number of nitrogens with zero attached hydrogens (tertiary/aromatic N) is 4. The maximum atomic E-state index is 5.37.